The predicted octanol–water partition coefficient (Wildman–Crippen LogP) is 2.25. The molecular weight excluding hydrogens is 292 g/mol. The molecule has 6 nitrogen and oxygen atoms in total. The molecule has 1 aromatic rings. The van der Waals surface area contributed by atoms with Gasteiger partial charge in [-0.3, -0.25) is 4.79 Å². The summed E-state index contributed by atoms with van der Waals surface area (Å²) in [5.41, 5.74) is 1.05. The summed E-state index contributed by atoms with van der Waals surface area (Å²) < 4.78 is 5.12. The molecule has 3 heterocycles. The Bertz CT molecular complexity index is 506. The lowest BCUT2D eigenvalue weighted by Crippen LogP contribution is -2.37. The van der Waals surface area contributed by atoms with E-state index < -0.39 is 0 Å². The van der Waals surface area contributed by atoms with E-state index in [4.69, 9.17) is 4.74 Å². The Morgan fingerprint density at radius 2 is 1.74 bits per heavy atom. The first-order chi connectivity index (χ1) is 11.3. The molecule has 2 fully saturated rings. The van der Waals surface area contributed by atoms with Gasteiger partial charge in [-0.15, -0.1) is 0 Å². The first kappa shape index (κ1) is 16.0. The van der Waals surface area contributed by atoms with Crippen LogP contribution in [0.25, 0.3) is 0 Å². The van der Waals surface area contributed by atoms with Crippen LogP contribution in [0.2, 0.25) is 0 Å². The zero-order chi connectivity index (χ0) is 16.1. The summed E-state index contributed by atoms with van der Waals surface area (Å²) in [6.45, 7) is 6.15. The van der Waals surface area contributed by atoms with E-state index in [0.717, 1.165) is 50.7 Å². The number of carbonyl (C=O) groups is 1. The fourth-order valence-electron chi connectivity index (χ4n) is 3.37. The standard InChI is InChI=1S/C17H26N4O2/c1-2-23-16(22)14-6-10-20(11-7-14)15-12-18-17(19-13-15)21-8-4-3-5-9-21/h12-14H,2-11H2,1H3. The van der Waals surface area contributed by atoms with Gasteiger partial charge in [0, 0.05) is 26.2 Å². The van der Waals surface area contributed by atoms with Crippen molar-refractivity contribution < 1.29 is 9.53 Å². The molecule has 0 aliphatic carbocycles. The molecule has 3 rings (SSSR count). The van der Waals surface area contributed by atoms with E-state index in [0.29, 0.717) is 6.61 Å². The lowest BCUT2D eigenvalue weighted by atomic mass is 9.97. The molecule has 0 radical (unpaired) electrons. The van der Waals surface area contributed by atoms with Gasteiger partial charge in [-0.25, -0.2) is 9.97 Å². The molecule has 2 saturated heterocycles. The number of esters is 1. The van der Waals surface area contributed by atoms with Crippen molar-refractivity contribution in [2.24, 2.45) is 5.92 Å². The molecule has 2 aliphatic heterocycles. The van der Waals surface area contributed by atoms with Crippen molar-refractivity contribution in [1.82, 2.24) is 9.97 Å². The van der Waals surface area contributed by atoms with E-state index in [1.54, 1.807) is 0 Å². The van der Waals surface area contributed by atoms with Crippen LogP contribution < -0.4 is 9.80 Å². The van der Waals surface area contributed by atoms with E-state index in [9.17, 15) is 4.79 Å². The summed E-state index contributed by atoms with van der Waals surface area (Å²) in [4.78, 5) is 25.4. The number of carbonyl (C=O) groups excluding carboxylic acids is 1. The first-order valence-electron chi connectivity index (χ1n) is 8.76. The number of anilines is 2. The van der Waals surface area contributed by atoms with Crippen LogP contribution >= 0.6 is 0 Å². The third-order valence-corrected chi connectivity index (χ3v) is 4.74. The van der Waals surface area contributed by atoms with Crippen molar-refractivity contribution in [2.45, 2.75) is 39.0 Å². The van der Waals surface area contributed by atoms with Gasteiger partial charge < -0.3 is 14.5 Å². The summed E-state index contributed by atoms with van der Waals surface area (Å²) in [6.07, 6.45) is 9.28. The number of piperidine rings is 2. The number of hydrogen-bond acceptors (Lipinski definition) is 6. The van der Waals surface area contributed by atoms with Crippen LogP contribution in [0.5, 0.6) is 0 Å². The fraction of sp³-hybridized carbons (Fsp3) is 0.706. The van der Waals surface area contributed by atoms with E-state index in [-0.39, 0.29) is 11.9 Å². The third-order valence-electron chi connectivity index (χ3n) is 4.74. The summed E-state index contributed by atoms with van der Waals surface area (Å²) in [7, 11) is 0. The highest BCUT2D eigenvalue weighted by Gasteiger charge is 2.26. The molecule has 1 aromatic heterocycles. The minimum absolute atomic E-state index is 0.0414. The molecular formula is C17H26N4O2. The zero-order valence-corrected chi connectivity index (χ0v) is 13.9. The second kappa shape index (κ2) is 7.62. The predicted molar refractivity (Wildman–Crippen MR) is 89.7 cm³/mol. The summed E-state index contributed by atoms with van der Waals surface area (Å²) >= 11 is 0. The maximum Gasteiger partial charge on any atom is 0.309 e. The van der Waals surface area contributed by atoms with E-state index >= 15 is 0 Å². The van der Waals surface area contributed by atoms with Gasteiger partial charge in [-0.1, -0.05) is 0 Å². The molecule has 23 heavy (non-hydrogen) atoms. The van der Waals surface area contributed by atoms with Gasteiger partial charge >= 0.3 is 5.97 Å². The van der Waals surface area contributed by atoms with Gasteiger partial charge in [0.05, 0.1) is 30.6 Å². The van der Waals surface area contributed by atoms with Gasteiger partial charge in [0.15, 0.2) is 0 Å². The van der Waals surface area contributed by atoms with Crippen molar-refractivity contribution in [2.75, 3.05) is 42.6 Å². The smallest absolute Gasteiger partial charge is 0.309 e. The van der Waals surface area contributed by atoms with E-state index in [1.807, 2.05) is 19.3 Å². The molecule has 2 aliphatic rings. The minimum Gasteiger partial charge on any atom is -0.466 e. The number of nitrogens with zero attached hydrogens (tertiary/aromatic N) is 4. The van der Waals surface area contributed by atoms with Crippen LogP contribution in [0.4, 0.5) is 11.6 Å². The highest BCUT2D eigenvalue weighted by molar-refractivity contribution is 5.72. The molecule has 0 amide bonds. The second-order valence-electron chi connectivity index (χ2n) is 6.30. The van der Waals surface area contributed by atoms with Crippen molar-refractivity contribution in [3.63, 3.8) is 0 Å². The first-order valence-corrected chi connectivity index (χ1v) is 8.76. The number of ether oxygens (including phenoxy) is 1. The van der Waals surface area contributed by atoms with E-state index in [1.165, 1.54) is 19.3 Å². The van der Waals surface area contributed by atoms with Crippen molar-refractivity contribution >= 4 is 17.6 Å². The third kappa shape index (κ3) is 3.92. The second-order valence-corrected chi connectivity index (χ2v) is 6.30. The molecule has 6 heteroatoms. The largest absolute Gasteiger partial charge is 0.466 e. The molecule has 0 unspecified atom stereocenters. The van der Waals surface area contributed by atoms with Crippen LogP contribution in [0.15, 0.2) is 12.4 Å². The average molecular weight is 318 g/mol. The van der Waals surface area contributed by atoms with Crippen LogP contribution in [0, 0.1) is 5.92 Å². The average Bonchev–Trinajstić information content (AvgIpc) is 2.63. The Labute approximate surface area is 137 Å². The Morgan fingerprint density at radius 1 is 1.09 bits per heavy atom. The monoisotopic (exact) mass is 318 g/mol. The normalized spacial score (nSPS) is 19.7. The van der Waals surface area contributed by atoms with Gasteiger partial charge in [0.1, 0.15) is 0 Å². The Balaban J connectivity index is 1.55. The maximum atomic E-state index is 11.8. The molecule has 0 bridgehead atoms. The van der Waals surface area contributed by atoms with E-state index in [2.05, 4.69) is 19.8 Å². The lowest BCUT2D eigenvalue weighted by molar-refractivity contribution is -0.148. The summed E-state index contributed by atoms with van der Waals surface area (Å²) in [6, 6.07) is 0. The Kier molecular flexibility index (Phi) is 5.31. The maximum absolute atomic E-state index is 11.8. The molecule has 0 spiro atoms. The molecule has 0 saturated carbocycles. The van der Waals surface area contributed by atoms with Crippen molar-refractivity contribution in [3.8, 4) is 0 Å². The SMILES string of the molecule is CCOC(=O)C1CCN(c2cnc(N3CCCCC3)nc2)CC1. The Morgan fingerprint density at radius 3 is 2.35 bits per heavy atom. The zero-order valence-electron chi connectivity index (χ0n) is 13.9. The number of hydrogen-bond donors (Lipinski definition) is 0. The van der Waals surface area contributed by atoms with Gasteiger partial charge in [-0.05, 0) is 39.0 Å². The fourth-order valence-corrected chi connectivity index (χ4v) is 3.37. The van der Waals surface area contributed by atoms with Crippen molar-refractivity contribution in [1.29, 1.82) is 0 Å². The Hall–Kier alpha value is -1.85. The highest BCUT2D eigenvalue weighted by atomic mass is 16.5. The van der Waals surface area contributed by atoms with Crippen LogP contribution in [-0.2, 0) is 9.53 Å². The van der Waals surface area contributed by atoms with Crippen molar-refractivity contribution in [3.05, 3.63) is 12.4 Å². The number of aromatic nitrogens is 2. The quantitative estimate of drug-likeness (QED) is 0.794. The van der Waals surface area contributed by atoms with Crippen LogP contribution in [0.1, 0.15) is 39.0 Å². The van der Waals surface area contributed by atoms with Gasteiger partial charge in [0.25, 0.3) is 0 Å². The molecule has 0 N–H and O–H groups in total. The summed E-state index contributed by atoms with van der Waals surface area (Å²) in [5.74, 6) is 0.832. The van der Waals surface area contributed by atoms with Crippen LogP contribution in [-0.4, -0.2) is 48.7 Å². The lowest BCUT2D eigenvalue weighted by Gasteiger charge is -2.32. The van der Waals surface area contributed by atoms with Gasteiger partial charge in [0.2, 0.25) is 5.95 Å². The minimum atomic E-state index is -0.0520. The summed E-state index contributed by atoms with van der Waals surface area (Å²) in [5, 5.41) is 0. The van der Waals surface area contributed by atoms with Crippen LogP contribution in [0.3, 0.4) is 0 Å². The highest BCUT2D eigenvalue weighted by Crippen LogP contribution is 2.24. The number of rotatable bonds is 4. The van der Waals surface area contributed by atoms with Gasteiger partial charge in [-0.2, -0.15) is 0 Å². The molecule has 0 atom stereocenters. The topological polar surface area (TPSA) is 58.6 Å². The molecule has 126 valence electrons. The molecule has 0 aromatic carbocycles.